The van der Waals surface area contributed by atoms with Crippen molar-refractivity contribution in [3.63, 3.8) is 0 Å². The second-order valence-corrected chi connectivity index (χ2v) is 7.26. The van der Waals surface area contributed by atoms with Crippen molar-refractivity contribution in [1.82, 2.24) is 4.47 Å². The van der Waals surface area contributed by atoms with Crippen molar-refractivity contribution in [2.45, 2.75) is 4.90 Å². The van der Waals surface area contributed by atoms with Gasteiger partial charge in [0.25, 0.3) is 15.9 Å². The first kappa shape index (κ1) is 19.2. The molecule has 7 nitrogen and oxygen atoms in total. The zero-order chi connectivity index (χ0) is 18.6. The van der Waals surface area contributed by atoms with Gasteiger partial charge in [-0.25, -0.2) is 8.42 Å². The van der Waals surface area contributed by atoms with Crippen molar-refractivity contribution >= 4 is 33.2 Å². The summed E-state index contributed by atoms with van der Waals surface area (Å²) in [6.07, 6.45) is 0. The quantitative estimate of drug-likeness (QED) is 0.774. The summed E-state index contributed by atoms with van der Waals surface area (Å²) in [7, 11) is -0.167. The maximum atomic E-state index is 12.5. The van der Waals surface area contributed by atoms with E-state index in [4.69, 9.17) is 21.2 Å². The summed E-state index contributed by atoms with van der Waals surface area (Å²) in [4.78, 5) is 17.0. The first-order chi connectivity index (χ1) is 11.8. The van der Waals surface area contributed by atoms with Crippen molar-refractivity contribution in [2.75, 3.05) is 26.6 Å². The molecule has 2 aromatic rings. The third-order valence-corrected chi connectivity index (χ3v) is 5.35. The van der Waals surface area contributed by atoms with Gasteiger partial charge in [0.1, 0.15) is 10.6 Å². The Kier molecular flexibility index (Phi) is 6.02. The van der Waals surface area contributed by atoms with Crippen LogP contribution in [0.2, 0.25) is 5.02 Å². The molecule has 2 aromatic carbocycles. The van der Waals surface area contributed by atoms with E-state index in [9.17, 15) is 13.2 Å². The molecular weight excluding hydrogens is 368 g/mol. The number of ether oxygens (including phenoxy) is 1. The summed E-state index contributed by atoms with van der Waals surface area (Å²) in [5.41, 5.74) is 0.683. The normalized spacial score (nSPS) is 11.4. The number of hydrogen-bond donors (Lipinski definition) is 1. The number of nitrogens with one attached hydrogen (secondary N) is 1. The monoisotopic (exact) mass is 384 g/mol. The smallest absolute Gasteiger partial charge is 0.268 e. The molecule has 0 unspecified atom stereocenters. The lowest BCUT2D eigenvalue weighted by molar-refractivity contribution is -0.0259. The number of sulfonamides is 1. The molecule has 0 aromatic heterocycles. The molecule has 0 aliphatic rings. The molecule has 1 amide bonds. The van der Waals surface area contributed by atoms with Crippen molar-refractivity contribution < 1.29 is 22.8 Å². The molecule has 0 atom stereocenters. The SMILES string of the molecule is COc1ccc(C(=O)Nc2ccc(Cl)cc2)cc1S(=O)(=O)N(C)OC. The highest BCUT2D eigenvalue weighted by Crippen LogP contribution is 2.28. The molecule has 25 heavy (non-hydrogen) atoms. The van der Waals surface area contributed by atoms with E-state index < -0.39 is 15.9 Å². The number of rotatable bonds is 6. The number of benzene rings is 2. The second-order valence-electron chi connectivity index (χ2n) is 4.92. The topological polar surface area (TPSA) is 84.9 Å². The minimum atomic E-state index is -3.98. The number of halogens is 1. The molecule has 0 aliphatic carbocycles. The van der Waals surface area contributed by atoms with E-state index in [0.29, 0.717) is 15.2 Å². The molecule has 9 heteroatoms. The predicted molar refractivity (Wildman–Crippen MR) is 94.4 cm³/mol. The zero-order valence-electron chi connectivity index (χ0n) is 13.8. The Labute approximate surface area is 151 Å². The number of anilines is 1. The summed E-state index contributed by atoms with van der Waals surface area (Å²) in [6, 6.07) is 10.7. The van der Waals surface area contributed by atoms with Crippen LogP contribution in [0.15, 0.2) is 47.4 Å². The third-order valence-electron chi connectivity index (χ3n) is 3.40. The second kappa shape index (κ2) is 7.83. The van der Waals surface area contributed by atoms with Crippen LogP contribution in [0, 0.1) is 0 Å². The van der Waals surface area contributed by atoms with E-state index in [-0.39, 0.29) is 16.2 Å². The van der Waals surface area contributed by atoms with Crippen LogP contribution in [0.5, 0.6) is 5.75 Å². The fourth-order valence-corrected chi connectivity index (χ4v) is 3.27. The summed E-state index contributed by atoms with van der Waals surface area (Å²) in [5, 5.41) is 3.21. The van der Waals surface area contributed by atoms with Crippen LogP contribution in [0.25, 0.3) is 0 Å². The van der Waals surface area contributed by atoms with Gasteiger partial charge < -0.3 is 10.1 Å². The molecule has 0 bridgehead atoms. The molecule has 0 radical (unpaired) electrons. The summed E-state index contributed by atoms with van der Waals surface area (Å²) in [6.45, 7) is 0. The van der Waals surface area contributed by atoms with Crippen LogP contribution < -0.4 is 10.1 Å². The number of amides is 1. The molecule has 2 rings (SSSR count). The Balaban J connectivity index is 2.38. The van der Waals surface area contributed by atoms with Gasteiger partial charge in [-0.3, -0.25) is 9.63 Å². The Morgan fingerprint density at radius 1 is 1.12 bits per heavy atom. The maximum Gasteiger partial charge on any atom is 0.268 e. The average Bonchev–Trinajstić information content (AvgIpc) is 2.62. The lowest BCUT2D eigenvalue weighted by Crippen LogP contribution is -2.26. The van der Waals surface area contributed by atoms with Gasteiger partial charge in [0.15, 0.2) is 0 Å². The molecule has 134 valence electrons. The fraction of sp³-hybridized carbons (Fsp3) is 0.188. The Morgan fingerprint density at radius 3 is 2.32 bits per heavy atom. The van der Waals surface area contributed by atoms with Gasteiger partial charge in [0.2, 0.25) is 0 Å². The zero-order valence-corrected chi connectivity index (χ0v) is 15.4. The molecule has 0 saturated carbocycles. The van der Waals surface area contributed by atoms with Gasteiger partial charge in [-0.1, -0.05) is 16.1 Å². The summed E-state index contributed by atoms with van der Waals surface area (Å²) in [5.74, 6) is -0.367. The standard InChI is InChI=1S/C16H17ClN2O5S/c1-19(24-3)25(21,22)15-10-11(4-9-14(15)23-2)16(20)18-13-7-5-12(17)6-8-13/h4-10H,1-3H3,(H,18,20). The van der Waals surface area contributed by atoms with Crippen molar-refractivity contribution in [1.29, 1.82) is 0 Å². The highest BCUT2D eigenvalue weighted by molar-refractivity contribution is 7.89. The van der Waals surface area contributed by atoms with Crippen LogP contribution in [-0.2, 0) is 14.9 Å². The minimum Gasteiger partial charge on any atom is -0.495 e. The van der Waals surface area contributed by atoms with Crippen molar-refractivity contribution in [2.24, 2.45) is 0 Å². The number of nitrogens with zero attached hydrogens (tertiary/aromatic N) is 1. The van der Waals surface area contributed by atoms with E-state index >= 15 is 0 Å². The Bertz CT molecular complexity index is 869. The number of hydroxylamine groups is 1. The van der Waals surface area contributed by atoms with Gasteiger partial charge >= 0.3 is 0 Å². The van der Waals surface area contributed by atoms with E-state index in [1.54, 1.807) is 24.3 Å². The first-order valence-electron chi connectivity index (χ1n) is 7.07. The fourth-order valence-electron chi connectivity index (χ4n) is 1.99. The molecular formula is C16H17ClN2O5S. The molecule has 0 saturated heterocycles. The van der Waals surface area contributed by atoms with Crippen LogP contribution in [-0.4, -0.2) is 40.1 Å². The van der Waals surface area contributed by atoms with E-state index in [2.05, 4.69) is 5.32 Å². The minimum absolute atomic E-state index is 0.104. The van der Waals surface area contributed by atoms with Crippen LogP contribution >= 0.6 is 11.6 Å². The summed E-state index contributed by atoms with van der Waals surface area (Å²) >= 11 is 5.80. The van der Waals surface area contributed by atoms with E-state index in [1.165, 1.54) is 39.5 Å². The van der Waals surface area contributed by atoms with Gasteiger partial charge in [-0.2, -0.15) is 0 Å². The molecule has 0 aliphatic heterocycles. The van der Waals surface area contributed by atoms with Crippen LogP contribution in [0.4, 0.5) is 5.69 Å². The Hall–Kier alpha value is -2.13. The largest absolute Gasteiger partial charge is 0.495 e. The number of carbonyl (C=O) groups is 1. The van der Waals surface area contributed by atoms with E-state index in [1.807, 2.05) is 0 Å². The van der Waals surface area contributed by atoms with E-state index in [0.717, 1.165) is 0 Å². The maximum absolute atomic E-state index is 12.5. The predicted octanol–water partition coefficient (Wildman–Crippen LogP) is 2.78. The molecule has 0 spiro atoms. The highest BCUT2D eigenvalue weighted by atomic mass is 35.5. The lowest BCUT2D eigenvalue weighted by atomic mass is 10.2. The molecule has 1 N–H and O–H groups in total. The van der Waals surface area contributed by atoms with Crippen molar-refractivity contribution in [3.05, 3.63) is 53.1 Å². The number of carbonyl (C=O) groups excluding carboxylic acids is 1. The van der Waals surface area contributed by atoms with Crippen LogP contribution in [0.1, 0.15) is 10.4 Å². The average molecular weight is 385 g/mol. The van der Waals surface area contributed by atoms with Gasteiger partial charge in [-0.15, -0.1) is 0 Å². The van der Waals surface area contributed by atoms with Gasteiger partial charge in [0, 0.05) is 23.3 Å². The van der Waals surface area contributed by atoms with Crippen LogP contribution in [0.3, 0.4) is 0 Å². The first-order valence-corrected chi connectivity index (χ1v) is 8.89. The summed E-state index contributed by atoms with van der Waals surface area (Å²) < 4.78 is 30.7. The lowest BCUT2D eigenvalue weighted by Gasteiger charge is -2.17. The molecule has 0 heterocycles. The van der Waals surface area contributed by atoms with Gasteiger partial charge in [0.05, 0.1) is 14.2 Å². The van der Waals surface area contributed by atoms with Gasteiger partial charge in [-0.05, 0) is 42.5 Å². The number of methoxy groups -OCH3 is 1. The molecule has 0 fully saturated rings. The van der Waals surface area contributed by atoms with Crippen molar-refractivity contribution in [3.8, 4) is 5.75 Å². The third kappa shape index (κ3) is 4.29. The number of hydrogen-bond acceptors (Lipinski definition) is 5. The Morgan fingerprint density at radius 2 is 1.76 bits per heavy atom. The highest BCUT2D eigenvalue weighted by Gasteiger charge is 2.26.